The molecule has 0 bridgehead atoms. The van der Waals surface area contributed by atoms with E-state index >= 15 is 0 Å². The van der Waals surface area contributed by atoms with Gasteiger partial charge >= 0.3 is 0 Å². The molecular formula is C12H11ClS2. The molecular weight excluding hydrogens is 244 g/mol. The minimum atomic E-state index is 0.791. The van der Waals surface area contributed by atoms with E-state index in [1.165, 1.54) is 14.0 Å². The molecule has 1 aromatic carbocycles. The van der Waals surface area contributed by atoms with Crippen molar-refractivity contribution < 1.29 is 0 Å². The van der Waals surface area contributed by atoms with E-state index in [-0.39, 0.29) is 0 Å². The summed E-state index contributed by atoms with van der Waals surface area (Å²) in [4.78, 5) is 2.68. The summed E-state index contributed by atoms with van der Waals surface area (Å²) >= 11 is 9.49. The predicted octanol–water partition coefficient (Wildman–Crippen LogP) is 5.12. The molecule has 0 fully saturated rings. The lowest BCUT2D eigenvalue weighted by molar-refractivity contribution is 1.19. The van der Waals surface area contributed by atoms with Gasteiger partial charge in [0.2, 0.25) is 0 Å². The van der Waals surface area contributed by atoms with Crippen molar-refractivity contribution in [1.29, 1.82) is 0 Å². The van der Waals surface area contributed by atoms with Gasteiger partial charge in [-0.15, -0.1) is 11.3 Å². The summed E-state index contributed by atoms with van der Waals surface area (Å²) in [6.45, 7) is 2.18. The van der Waals surface area contributed by atoms with E-state index in [0.29, 0.717) is 0 Å². The van der Waals surface area contributed by atoms with Crippen LogP contribution in [0.25, 0.3) is 0 Å². The van der Waals surface area contributed by atoms with Gasteiger partial charge in [0.25, 0.3) is 0 Å². The van der Waals surface area contributed by atoms with Crippen LogP contribution in [0.5, 0.6) is 0 Å². The highest BCUT2D eigenvalue weighted by atomic mass is 35.5. The molecule has 0 aliphatic heterocycles. The first kappa shape index (κ1) is 11.1. The van der Waals surface area contributed by atoms with E-state index in [9.17, 15) is 0 Å². The van der Waals surface area contributed by atoms with Crippen LogP contribution in [0.3, 0.4) is 0 Å². The van der Waals surface area contributed by atoms with Crippen LogP contribution in [0.2, 0.25) is 5.02 Å². The number of hydrogen-bond donors (Lipinski definition) is 0. The maximum Gasteiger partial charge on any atom is 0.0649 e. The van der Waals surface area contributed by atoms with Gasteiger partial charge < -0.3 is 0 Å². The number of hydrogen-bond acceptors (Lipinski definition) is 2. The summed E-state index contributed by atoms with van der Waals surface area (Å²) in [5, 5.41) is 0.791. The molecule has 2 rings (SSSR count). The Bertz CT molecular complexity index is 431. The van der Waals surface area contributed by atoms with E-state index < -0.39 is 0 Å². The first-order chi connectivity index (χ1) is 7.28. The number of rotatable bonds is 3. The molecule has 0 saturated carbocycles. The van der Waals surface area contributed by atoms with Crippen molar-refractivity contribution in [3.63, 3.8) is 0 Å². The SMILES string of the molecule is CCc1ccc(Sc2ccc(Cl)cc2)s1. The van der Waals surface area contributed by atoms with Crippen molar-refractivity contribution in [1.82, 2.24) is 0 Å². The fourth-order valence-electron chi connectivity index (χ4n) is 1.22. The molecule has 1 aromatic heterocycles. The molecule has 0 aliphatic rings. The van der Waals surface area contributed by atoms with Crippen molar-refractivity contribution in [3.8, 4) is 0 Å². The van der Waals surface area contributed by atoms with E-state index in [1.807, 2.05) is 23.5 Å². The lowest BCUT2D eigenvalue weighted by atomic mass is 10.4. The lowest BCUT2D eigenvalue weighted by Gasteiger charge is -1.97. The molecule has 0 unspecified atom stereocenters. The standard InChI is InChI=1S/C12H11ClS2/c1-2-10-7-8-12(14-10)15-11-5-3-9(13)4-6-11/h3-8H,2H2,1H3. The molecule has 0 atom stereocenters. The summed E-state index contributed by atoms with van der Waals surface area (Å²) in [7, 11) is 0. The Hall–Kier alpha value is -0.440. The predicted molar refractivity (Wildman–Crippen MR) is 69.3 cm³/mol. The van der Waals surface area contributed by atoms with Crippen LogP contribution in [0.4, 0.5) is 0 Å². The third-order valence-corrected chi connectivity index (χ3v) is 4.64. The molecule has 0 spiro atoms. The van der Waals surface area contributed by atoms with Crippen molar-refractivity contribution in [2.24, 2.45) is 0 Å². The number of thiophene rings is 1. The van der Waals surface area contributed by atoms with E-state index in [0.717, 1.165) is 11.4 Å². The molecule has 0 radical (unpaired) electrons. The van der Waals surface area contributed by atoms with Crippen molar-refractivity contribution in [2.75, 3.05) is 0 Å². The highest BCUT2D eigenvalue weighted by molar-refractivity contribution is 8.01. The molecule has 1 heterocycles. The Labute approximate surface area is 103 Å². The zero-order chi connectivity index (χ0) is 10.7. The highest BCUT2D eigenvalue weighted by Gasteiger charge is 2.01. The van der Waals surface area contributed by atoms with Gasteiger partial charge in [-0.05, 0) is 42.8 Å². The molecule has 15 heavy (non-hydrogen) atoms. The Morgan fingerprint density at radius 1 is 1.13 bits per heavy atom. The van der Waals surface area contributed by atoms with Gasteiger partial charge in [0.1, 0.15) is 0 Å². The monoisotopic (exact) mass is 254 g/mol. The maximum absolute atomic E-state index is 5.83. The Morgan fingerprint density at radius 2 is 1.87 bits per heavy atom. The molecule has 2 aromatic rings. The molecule has 0 aliphatic carbocycles. The quantitative estimate of drug-likeness (QED) is 0.733. The van der Waals surface area contributed by atoms with Crippen LogP contribution in [0, 0.1) is 0 Å². The first-order valence-corrected chi connectivity index (χ1v) is 6.81. The summed E-state index contributed by atoms with van der Waals surface area (Å²) < 4.78 is 1.34. The van der Waals surface area contributed by atoms with Gasteiger partial charge in [0.15, 0.2) is 0 Å². The second-order valence-corrected chi connectivity index (χ2v) is 6.11. The van der Waals surface area contributed by atoms with E-state index in [2.05, 4.69) is 31.2 Å². The lowest BCUT2D eigenvalue weighted by Crippen LogP contribution is -1.68. The van der Waals surface area contributed by atoms with Gasteiger partial charge in [0.05, 0.1) is 4.21 Å². The Balaban J connectivity index is 2.11. The zero-order valence-electron chi connectivity index (χ0n) is 8.37. The van der Waals surface area contributed by atoms with Crippen molar-refractivity contribution in [2.45, 2.75) is 22.4 Å². The average molecular weight is 255 g/mol. The van der Waals surface area contributed by atoms with Gasteiger partial charge in [-0.3, -0.25) is 0 Å². The first-order valence-electron chi connectivity index (χ1n) is 4.80. The smallest absolute Gasteiger partial charge is 0.0649 e. The minimum absolute atomic E-state index is 0.791. The number of benzene rings is 1. The van der Waals surface area contributed by atoms with Gasteiger partial charge in [-0.1, -0.05) is 30.3 Å². The third kappa shape index (κ3) is 3.00. The van der Waals surface area contributed by atoms with Gasteiger partial charge in [-0.25, -0.2) is 0 Å². The Morgan fingerprint density at radius 3 is 2.47 bits per heavy atom. The highest BCUT2D eigenvalue weighted by Crippen LogP contribution is 2.33. The van der Waals surface area contributed by atoms with Crippen molar-refractivity contribution in [3.05, 3.63) is 46.3 Å². The van der Waals surface area contributed by atoms with Crippen LogP contribution >= 0.6 is 34.7 Å². The summed E-state index contributed by atoms with van der Waals surface area (Å²) in [5.74, 6) is 0. The second-order valence-electron chi connectivity index (χ2n) is 3.13. The van der Waals surface area contributed by atoms with E-state index in [4.69, 9.17) is 11.6 Å². The van der Waals surface area contributed by atoms with E-state index in [1.54, 1.807) is 11.8 Å². The maximum atomic E-state index is 5.83. The van der Waals surface area contributed by atoms with Gasteiger partial charge in [-0.2, -0.15) is 0 Å². The fraction of sp³-hybridized carbons (Fsp3) is 0.167. The number of aryl methyl sites for hydroxylation is 1. The third-order valence-electron chi connectivity index (χ3n) is 2.02. The largest absolute Gasteiger partial charge is 0.134 e. The second kappa shape index (κ2) is 5.06. The van der Waals surface area contributed by atoms with Crippen LogP contribution in [0.15, 0.2) is 45.5 Å². The minimum Gasteiger partial charge on any atom is -0.134 e. The summed E-state index contributed by atoms with van der Waals surface area (Å²) in [5.41, 5.74) is 0. The Kier molecular flexibility index (Phi) is 3.73. The molecule has 0 N–H and O–H groups in total. The van der Waals surface area contributed by atoms with Crippen LogP contribution in [-0.4, -0.2) is 0 Å². The number of halogens is 1. The van der Waals surface area contributed by atoms with Crippen LogP contribution < -0.4 is 0 Å². The molecule has 78 valence electrons. The van der Waals surface area contributed by atoms with Crippen LogP contribution in [0.1, 0.15) is 11.8 Å². The van der Waals surface area contributed by atoms with Crippen LogP contribution in [-0.2, 0) is 6.42 Å². The topological polar surface area (TPSA) is 0 Å². The molecule has 0 saturated heterocycles. The average Bonchev–Trinajstić information content (AvgIpc) is 2.69. The summed E-state index contributed by atoms with van der Waals surface area (Å²) in [6.07, 6.45) is 1.12. The zero-order valence-corrected chi connectivity index (χ0v) is 10.8. The fourth-order valence-corrected chi connectivity index (χ4v) is 3.44. The van der Waals surface area contributed by atoms with Gasteiger partial charge in [0, 0.05) is 14.8 Å². The molecule has 0 amide bonds. The summed E-state index contributed by atoms with van der Waals surface area (Å²) in [6, 6.07) is 12.3. The molecule has 3 heteroatoms. The normalized spacial score (nSPS) is 10.5. The van der Waals surface area contributed by atoms with Crippen molar-refractivity contribution >= 4 is 34.7 Å². The molecule has 0 nitrogen and oxygen atoms in total.